The largest absolute Gasteiger partial charge is 0.399 e. The van der Waals surface area contributed by atoms with Crippen LogP contribution < -0.4 is 11.1 Å². The Morgan fingerprint density at radius 1 is 1.47 bits per heavy atom. The fourth-order valence-corrected chi connectivity index (χ4v) is 1.76. The molecular weight excluding hydrogens is 242 g/mol. The summed E-state index contributed by atoms with van der Waals surface area (Å²) in [6, 6.07) is 7.18. The SMILES string of the molecule is CCC(C)(O)CNC(=O)c1cc2cc(N)ccc2[nH]1. The Morgan fingerprint density at radius 3 is 2.89 bits per heavy atom. The molecule has 1 amide bonds. The van der Waals surface area contributed by atoms with Gasteiger partial charge in [0.15, 0.2) is 0 Å². The van der Waals surface area contributed by atoms with Gasteiger partial charge in [0.25, 0.3) is 5.91 Å². The molecule has 0 aliphatic heterocycles. The van der Waals surface area contributed by atoms with Crippen LogP contribution >= 0.6 is 0 Å². The fraction of sp³-hybridized carbons (Fsp3) is 0.357. The number of benzene rings is 1. The average Bonchev–Trinajstić information content (AvgIpc) is 2.79. The molecule has 0 bridgehead atoms. The highest BCUT2D eigenvalue weighted by molar-refractivity contribution is 5.98. The minimum Gasteiger partial charge on any atom is -0.399 e. The van der Waals surface area contributed by atoms with Gasteiger partial charge in [0, 0.05) is 23.1 Å². The van der Waals surface area contributed by atoms with E-state index in [0.29, 0.717) is 17.8 Å². The normalized spacial score (nSPS) is 14.3. The molecule has 2 rings (SSSR count). The minimum absolute atomic E-state index is 0.222. The van der Waals surface area contributed by atoms with E-state index in [1.807, 2.05) is 19.1 Å². The Hall–Kier alpha value is -2.01. The number of anilines is 1. The van der Waals surface area contributed by atoms with Gasteiger partial charge in [-0.2, -0.15) is 0 Å². The summed E-state index contributed by atoms with van der Waals surface area (Å²) in [4.78, 5) is 15.0. The van der Waals surface area contributed by atoms with Crippen molar-refractivity contribution in [2.24, 2.45) is 0 Å². The molecule has 5 heteroatoms. The highest BCUT2D eigenvalue weighted by Crippen LogP contribution is 2.18. The molecule has 0 aliphatic rings. The number of nitrogens with two attached hydrogens (primary N) is 1. The van der Waals surface area contributed by atoms with Gasteiger partial charge in [-0.25, -0.2) is 0 Å². The van der Waals surface area contributed by atoms with Crippen molar-refractivity contribution in [1.82, 2.24) is 10.3 Å². The number of carbonyl (C=O) groups is 1. The van der Waals surface area contributed by atoms with Crippen molar-refractivity contribution in [2.45, 2.75) is 25.9 Å². The van der Waals surface area contributed by atoms with Gasteiger partial charge < -0.3 is 21.1 Å². The molecule has 0 aliphatic carbocycles. The second kappa shape index (κ2) is 4.93. The third-order valence-electron chi connectivity index (χ3n) is 3.28. The molecule has 5 N–H and O–H groups in total. The number of fused-ring (bicyclic) bond motifs is 1. The van der Waals surface area contributed by atoms with Crippen molar-refractivity contribution < 1.29 is 9.90 Å². The van der Waals surface area contributed by atoms with Crippen LogP contribution in [0, 0.1) is 0 Å². The topological polar surface area (TPSA) is 91.1 Å². The Bertz CT molecular complexity index is 602. The van der Waals surface area contributed by atoms with Crippen LogP contribution in [0.25, 0.3) is 10.9 Å². The molecule has 1 aromatic carbocycles. The molecule has 0 saturated carbocycles. The summed E-state index contributed by atoms with van der Waals surface area (Å²) in [5.74, 6) is -0.233. The van der Waals surface area contributed by atoms with Gasteiger partial charge in [-0.3, -0.25) is 4.79 Å². The molecule has 1 unspecified atom stereocenters. The number of aliphatic hydroxyl groups is 1. The molecule has 1 aromatic heterocycles. The summed E-state index contributed by atoms with van der Waals surface area (Å²) in [5, 5.41) is 13.5. The van der Waals surface area contributed by atoms with Crippen molar-refractivity contribution in [3.8, 4) is 0 Å². The van der Waals surface area contributed by atoms with E-state index in [2.05, 4.69) is 10.3 Å². The number of amides is 1. The number of aromatic amines is 1. The molecule has 5 nitrogen and oxygen atoms in total. The van der Waals surface area contributed by atoms with E-state index in [9.17, 15) is 9.90 Å². The lowest BCUT2D eigenvalue weighted by molar-refractivity contribution is 0.0517. The van der Waals surface area contributed by atoms with Gasteiger partial charge in [0.2, 0.25) is 0 Å². The first-order valence-electron chi connectivity index (χ1n) is 6.30. The number of hydrogen-bond acceptors (Lipinski definition) is 3. The maximum atomic E-state index is 12.0. The van der Waals surface area contributed by atoms with Crippen molar-refractivity contribution in [2.75, 3.05) is 12.3 Å². The summed E-state index contributed by atoms with van der Waals surface area (Å²) >= 11 is 0. The van der Waals surface area contributed by atoms with Crippen LogP contribution in [0.2, 0.25) is 0 Å². The third-order valence-corrected chi connectivity index (χ3v) is 3.28. The van der Waals surface area contributed by atoms with Crippen molar-refractivity contribution in [3.05, 3.63) is 30.0 Å². The van der Waals surface area contributed by atoms with E-state index in [0.717, 1.165) is 10.9 Å². The van der Waals surface area contributed by atoms with E-state index in [1.165, 1.54) is 0 Å². The number of nitrogen functional groups attached to an aromatic ring is 1. The monoisotopic (exact) mass is 261 g/mol. The summed E-state index contributed by atoms with van der Waals surface area (Å²) < 4.78 is 0. The summed E-state index contributed by atoms with van der Waals surface area (Å²) in [5.41, 5.74) is 6.80. The van der Waals surface area contributed by atoms with Crippen LogP contribution in [0.3, 0.4) is 0 Å². The lowest BCUT2D eigenvalue weighted by atomic mass is 10.0. The Kier molecular flexibility index (Phi) is 3.48. The quantitative estimate of drug-likeness (QED) is 0.630. The standard InChI is InChI=1S/C14H19N3O2/c1-3-14(2,19)8-16-13(18)12-7-9-6-10(15)4-5-11(9)17-12/h4-7,17,19H,3,8,15H2,1-2H3,(H,16,18). The Morgan fingerprint density at radius 2 is 2.21 bits per heavy atom. The lowest BCUT2D eigenvalue weighted by Crippen LogP contribution is -2.40. The maximum Gasteiger partial charge on any atom is 0.267 e. The molecule has 1 heterocycles. The smallest absolute Gasteiger partial charge is 0.267 e. The molecular formula is C14H19N3O2. The molecule has 2 aromatic rings. The summed E-state index contributed by atoms with van der Waals surface area (Å²) in [6.07, 6.45) is 0.580. The van der Waals surface area contributed by atoms with Crippen LogP contribution in [0.4, 0.5) is 5.69 Å². The third kappa shape index (κ3) is 3.06. The second-order valence-electron chi connectivity index (χ2n) is 5.06. The van der Waals surface area contributed by atoms with Gasteiger partial charge in [0.1, 0.15) is 5.69 Å². The number of nitrogens with one attached hydrogen (secondary N) is 2. The van der Waals surface area contributed by atoms with E-state index >= 15 is 0 Å². The minimum atomic E-state index is -0.883. The van der Waals surface area contributed by atoms with Crippen molar-refractivity contribution >= 4 is 22.5 Å². The molecule has 0 saturated heterocycles. The second-order valence-corrected chi connectivity index (χ2v) is 5.06. The van der Waals surface area contributed by atoms with Gasteiger partial charge in [-0.05, 0) is 37.6 Å². The van der Waals surface area contributed by atoms with E-state index in [1.54, 1.807) is 19.1 Å². The van der Waals surface area contributed by atoms with Crippen LogP contribution in [0.1, 0.15) is 30.8 Å². The first-order valence-corrected chi connectivity index (χ1v) is 6.30. The number of hydrogen-bond donors (Lipinski definition) is 4. The van der Waals surface area contributed by atoms with Crippen molar-refractivity contribution in [1.29, 1.82) is 0 Å². The highest BCUT2D eigenvalue weighted by atomic mass is 16.3. The van der Waals surface area contributed by atoms with E-state index < -0.39 is 5.60 Å². The maximum absolute atomic E-state index is 12.0. The zero-order chi connectivity index (χ0) is 14.0. The first-order chi connectivity index (χ1) is 8.91. The van der Waals surface area contributed by atoms with Gasteiger partial charge in [-0.15, -0.1) is 0 Å². The van der Waals surface area contributed by atoms with Crippen molar-refractivity contribution in [3.63, 3.8) is 0 Å². The van der Waals surface area contributed by atoms with Crippen LogP contribution in [0.5, 0.6) is 0 Å². The lowest BCUT2D eigenvalue weighted by Gasteiger charge is -2.21. The number of rotatable bonds is 4. The molecule has 0 fully saturated rings. The Balaban J connectivity index is 2.13. The van der Waals surface area contributed by atoms with Gasteiger partial charge in [0.05, 0.1) is 5.60 Å². The number of H-pyrrole nitrogens is 1. The molecule has 0 spiro atoms. The molecule has 102 valence electrons. The predicted molar refractivity (Wildman–Crippen MR) is 76.0 cm³/mol. The van der Waals surface area contributed by atoms with E-state index in [4.69, 9.17) is 5.73 Å². The average molecular weight is 261 g/mol. The molecule has 0 radical (unpaired) electrons. The van der Waals surface area contributed by atoms with Crippen LogP contribution in [0.15, 0.2) is 24.3 Å². The molecule has 19 heavy (non-hydrogen) atoms. The highest BCUT2D eigenvalue weighted by Gasteiger charge is 2.19. The fourth-order valence-electron chi connectivity index (χ4n) is 1.76. The van der Waals surface area contributed by atoms with Crippen LogP contribution in [-0.4, -0.2) is 28.1 Å². The first kappa shape index (κ1) is 13.4. The Labute approximate surface area is 111 Å². The molecule has 1 atom stereocenters. The zero-order valence-electron chi connectivity index (χ0n) is 11.2. The zero-order valence-corrected chi connectivity index (χ0v) is 11.2. The van der Waals surface area contributed by atoms with E-state index in [-0.39, 0.29) is 12.5 Å². The predicted octanol–water partition coefficient (Wildman–Crippen LogP) is 1.64. The van der Waals surface area contributed by atoms with Gasteiger partial charge in [-0.1, -0.05) is 6.92 Å². The van der Waals surface area contributed by atoms with Crippen LogP contribution in [-0.2, 0) is 0 Å². The summed E-state index contributed by atoms with van der Waals surface area (Å²) in [6.45, 7) is 3.79. The van der Waals surface area contributed by atoms with Gasteiger partial charge >= 0.3 is 0 Å². The summed E-state index contributed by atoms with van der Waals surface area (Å²) in [7, 11) is 0. The number of carbonyl (C=O) groups excluding carboxylic acids is 1. The number of aromatic nitrogens is 1.